The smallest absolute Gasteiger partial charge is 0.227 e. The molecule has 1 saturated heterocycles. The fourth-order valence-electron chi connectivity index (χ4n) is 3.58. The summed E-state index contributed by atoms with van der Waals surface area (Å²) in [6.07, 6.45) is 2.43. The molecule has 0 unspecified atom stereocenters. The number of ether oxygens (including phenoxy) is 2. The lowest BCUT2D eigenvalue weighted by Gasteiger charge is -2.16. The van der Waals surface area contributed by atoms with Gasteiger partial charge in [0.15, 0.2) is 17.3 Å². The second-order valence-electron chi connectivity index (χ2n) is 7.38. The van der Waals surface area contributed by atoms with Crippen LogP contribution in [0, 0.1) is 0 Å². The van der Waals surface area contributed by atoms with Crippen molar-refractivity contribution < 1.29 is 23.9 Å². The van der Waals surface area contributed by atoms with Crippen LogP contribution in [0.4, 0.5) is 11.4 Å². The Morgan fingerprint density at radius 2 is 1.70 bits per heavy atom. The van der Waals surface area contributed by atoms with E-state index in [9.17, 15) is 14.4 Å². The minimum Gasteiger partial charge on any atom is -0.490 e. The number of Topliss-reactive ketones (excluding diaryl/α,β-unsaturated/α-hetero) is 1. The first-order valence-corrected chi connectivity index (χ1v) is 10.2. The molecule has 0 atom stereocenters. The molecule has 2 aromatic rings. The molecule has 156 valence electrons. The molecule has 2 aliphatic rings. The molecule has 0 radical (unpaired) electrons. The zero-order valence-corrected chi connectivity index (χ0v) is 16.7. The number of amides is 2. The molecule has 7 nitrogen and oxygen atoms in total. The Kier molecular flexibility index (Phi) is 5.97. The SMILES string of the molecule is O=C(CCC(=O)c1ccc2c(c1)OCCCO2)Nc1ccc(N2CCCC2=O)cc1. The highest BCUT2D eigenvalue weighted by Gasteiger charge is 2.21. The largest absolute Gasteiger partial charge is 0.490 e. The number of hydrogen-bond donors (Lipinski definition) is 1. The molecule has 0 aliphatic carbocycles. The molecule has 4 rings (SSSR count). The third-order valence-corrected chi connectivity index (χ3v) is 5.18. The summed E-state index contributed by atoms with van der Waals surface area (Å²) >= 11 is 0. The van der Waals surface area contributed by atoms with Crippen molar-refractivity contribution >= 4 is 29.0 Å². The van der Waals surface area contributed by atoms with Gasteiger partial charge in [0.1, 0.15) is 0 Å². The highest BCUT2D eigenvalue weighted by molar-refractivity contribution is 6.00. The van der Waals surface area contributed by atoms with E-state index in [-0.39, 0.29) is 30.4 Å². The molecule has 1 fully saturated rings. The number of rotatable bonds is 6. The minimum atomic E-state index is -0.234. The molecule has 2 aromatic carbocycles. The van der Waals surface area contributed by atoms with Gasteiger partial charge in [-0.05, 0) is 48.9 Å². The molecule has 0 spiro atoms. The summed E-state index contributed by atoms with van der Waals surface area (Å²) in [7, 11) is 0. The summed E-state index contributed by atoms with van der Waals surface area (Å²) in [5, 5.41) is 2.80. The van der Waals surface area contributed by atoms with Crippen molar-refractivity contribution in [3.8, 4) is 11.5 Å². The average Bonchev–Trinajstić information content (AvgIpc) is 3.04. The van der Waals surface area contributed by atoms with Gasteiger partial charge in [-0.1, -0.05) is 0 Å². The predicted molar refractivity (Wildman–Crippen MR) is 112 cm³/mol. The van der Waals surface area contributed by atoms with E-state index < -0.39 is 0 Å². The number of carbonyl (C=O) groups excluding carboxylic acids is 3. The number of benzene rings is 2. The van der Waals surface area contributed by atoms with Gasteiger partial charge < -0.3 is 19.7 Å². The lowest BCUT2D eigenvalue weighted by molar-refractivity contribution is -0.117. The number of hydrogen-bond acceptors (Lipinski definition) is 5. The van der Waals surface area contributed by atoms with Gasteiger partial charge in [-0.2, -0.15) is 0 Å². The Bertz CT molecular complexity index is 955. The topological polar surface area (TPSA) is 84.9 Å². The molecule has 2 heterocycles. The first-order valence-electron chi connectivity index (χ1n) is 10.2. The van der Waals surface area contributed by atoms with E-state index in [0.29, 0.717) is 42.4 Å². The zero-order valence-electron chi connectivity index (χ0n) is 16.7. The molecule has 0 aromatic heterocycles. The van der Waals surface area contributed by atoms with E-state index in [2.05, 4.69) is 5.32 Å². The molecular formula is C23H24N2O5. The summed E-state index contributed by atoms with van der Waals surface area (Å²) in [4.78, 5) is 38.3. The van der Waals surface area contributed by atoms with Crippen LogP contribution in [0.1, 0.15) is 42.5 Å². The molecule has 0 saturated carbocycles. The molecule has 30 heavy (non-hydrogen) atoms. The third kappa shape index (κ3) is 4.62. The Morgan fingerprint density at radius 1 is 0.933 bits per heavy atom. The number of ketones is 1. The Balaban J connectivity index is 1.30. The highest BCUT2D eigenvalue weighted by atomic mass is 16.5. The van der Waals surface area contributed by atoms with Crippen LogP contribution in [0.25, 0.3) is 0 Å². The molecule has 2 amide bonds. The monoisotopic (exact) mass is 408 g/mol. The van der Waals surface area contributed by atoms with Gasteiger partial charge in [0.2, 0.25) is 11.8 Å². The first kappa shape index (κ1) is 19.9. The quantitative estimate of drug-likeness (QED) is 0.739. The Labute approximate surface area is 175 Å². The maximum absolute atomic E-state index is 12.5. The Morgan fingerprint density at radius 3 is 2.43 bits per heavy atom. The molecule has 2 aliphatic heterocycles. The van der Waals surface area contributed by atoms with Crippen molar-refractivity contribution in [1.82, 2.24) is 0 Å². The Hall–Kier alpha value is -3.35. The molecular weight excluding hydrogens is 384 g/mol. The van der Waals surface area contributed by atoms with Crippen LogP contribution >= 0.6 is 0 Å². The van der Waals surface area contributed by atoms with Gasteiger partial charge in [-0.15, -0.1) is 0 Å². The third-order valence-electron chi connectivity index (χ3n) is 5.18. The van der Waals surface area contributed by atoms with E-state index in [1.54, 1.807) is 35.2 Å². The maximum Gasteiger partial charge on any atom is 0.227 e. The van der Waals surface area contributed by atoms with Crippen LogP contribution in [0.3, 0.4) is 0 Å². The van der Waals surface area contributed by atoms with Gasteiger partial charge in [0.25, 0.3) is 0 Å². The second kappa shape index (κ2) is 8.98. The van der Waals surface area contributed by atoms with E-state index in [4.69, 9.17) is 9.47 Å². The number of carbonyl (C=O) groups is 3. The van der Waals surface area contributed by atoms with Gasteiger partial charge >= 0.3 is 0 Å². The lowest BCUT2D eigenvalue weighted by Crippen LogP contribution is -2.23. The molecule has 7 heteroatoms. The van der Waals surface area contributed by atoms with Crippen molar-refractivity contribution in [1.29, 1.82) is 0 Å². The van der Waals surface area contributed by atoms with Crippen LogP contribution < -0.4 is 19.7 Å². The zero-order chi connectivity index (χ0) is 20.9. The van der Waals surface area contributed by atoms with Crippen LogP contribution in [0.5, 0.6) is 11.5 Å². The highest BCUT2D eigenvalue weighted by Crippen LogP contribution is 2.31. The summed E-state index contributed by atoms with van der Waals surface area (Å²) < 4.78 is 11.2. The fourth-order valence-corrected chi connectivity index (χ4v) is 3.58. The van der Waals surface area contributed by atoms with Crippen LogP contribution in [-0.4, -0.2) is 37.4 Å². The van der Waals surface area contributed by atoms with E-state index >= 15 is 0 Å². The standard InChI is InChI=1S/C23H24N2O5/c26-19(16-4-10-20-21(15-16)30-14-2-13-29-20)9-11-22(27)24-17-5-7-18(8-6-17)25-12-1-3-23(25)28/h4-8,10,15H,1-3,9,11-14H2,(H,24,27). The van der Waals surface area contributed by atoms with Crippen molar-refractivity contribution in [3.63, 3.8) is 0 Å². The summed E-state index contributed by atoms with van der Waals surface area (Å²) in [6, 6.07) is 12.3. The van der Waals surface area contributed by atoms with E-state index in [1.165, 1.54) is 0 Å². The van der Waals surface area contributed by atoms with Crippen LogP contribution in [-0.2, 0) is 9.59 Å². The van der Waals surface area contributed by atoms with Gasteiger partial charge in [-0.3, -0.25) is 14.4 Å². The number of fused-ring (bicyclic) bond motifs is 1. The fraction of sp³-hybridized carbons (Fsp3) is 0.348. The van der Waals surface area contributed by atoms with Crippen LogP contribution in [0.15, 0.2) is 42.5 Å². The maximum atomic E-state index is 12.5. The van der Waals surface area contributed by atoms with E-state index in [1.807, 2.05) is 12.1 Å². The van der Waals surface area contributed by atoms with Crippen molar-refractivity contribution in [2.75, 3.05) is 30.0 Å². The summed E-state index contributed by atoms with van der Waals surface area (Å²) in [6.45, 7) is 1.88. The van der Waals surface area contributed by atoms with Crippen molar-refractivity contribution in [3.05, 3.63) is 48.0 Å². The van der Waals surface area contributed by atoms with Crippen molar-refractivity contribution in [2.45, 2.75) is 32.1 Å². The molecule has 0 bridgehead atoms. The first-order chi connectivity index (χ1) is 14.6. The predicted octanol–water partition coefficient (Wildman–Crippen LogP) is 3.58. The van der Waals surface area contributed by atoms with E-state index in [0.717, 1.165) is 25.1 Å². The minimum absolute atomic E-state index is 0.0830. The lowest BCUT2D eigenvalue weighted by atomic mass is 10.1. The normalized spacial score (nSPS) is 15.6. The number of nitrogens with one attached hydrogen (secondary N) is 1. The van der Waals surface area contributed by atoms with Gasteiger partial charge in [0.05, 0.1) is 13.2 Å². The summed E-state index contributed by atoms with van der Waals surface area (Å²) in [5.41, 5.74) is 1.98. The number of anilines is 2. The summed E-state index contributed by atoms with van der Waals surface area (Å²) in [5.74, 6) is 0.978. The van der Waals surface area contributed by atoms with Gasteiger partial charge in [-0.25, -0.2) is 0 Å². The second-order valence-corrected chi connectivity index (χ2v) is 7.38. The number of nitrogens with zero attached hydrogens (tertiary/aromatic N) is 1. The van der Waals surface area contributed by atoms with Crippen molar-refractivity contribution in [2.24, 2.45) is 0 Å². The van der Waals surface area contributed by atoms with Crippen LogP contribution in [0.2, 0.25) is 0 Å². The van der Waals surface area contributed by atoms with Gasteiger partial charge in [0, 0.05) is 49.2 Å². The average molecular weight is 408 g/mol. The molecule has 1 N–H and O–H groups in total.